The molecule has 0 atom stereocenters. The maximum Gasteiger partial charge on any atom is 0.256 e. The van der Waals surface area contributed by atoms with Crippen LogP contribution >= 0.6 is 0 Å². The Kier molecular flexibility index (Phi) is 22.5. The summed E-state index contributed by atoms with van der Waals surface area (Å²) in [5, 5.41) is 8.42. The third kappa shape index (κ3) is 17.9. The standard InChI is InChI=1S/C27H33N5.C26H32N4.C20H28N4O/c1-3-26-28-19-23-18-25(32(27(23)29-26)24-7-5-4-6-8-24)17-21-9-11-22(12-10-21)20-31-15-13-30(2)14-16-31;1-4-25-27-18-22-17-24(30(26(22)28-25)23-10-8-7-9-11-23)16-20-12-14-21(15-13-20)19-29(5-2)6-3;1-14-6-8-16(9-7-14)10-11-21-19(25)17-12-22-15(2)24-18(17)23-13-20(3,4)5/h1,9-12,18-19,24H,4-8,13-17,20H2,2H3;1,12-15,17-18,23H,5-11,16,19H2,2-3H3;6-9,12H,10-11,13H2,1-5H3,(H,21,25)(H,22,23,24)/i2*2-1;. The number of terminal acetylenes is 2. The molecule has 14 heteroatoms. The van der Waals surface area contributed by atoms with E-state index in [4.69, 9.17) is 22.8 Å². The molecular weight excluding hydrogens is 1070 g/mol. The van der Waals surface area contributed by atoms with E-state index in [1.54, 1.807) is 6.20 Å². The number of aryl methyl sites for hydroxylation is 2. The van der Waals surface area contributed by atoms with Crippen molar-refractivity contribution >= 4 is 33.8 Å². The average Bonchev–Trinajstić information content (AvgIpc) is 1.85. The minimum Gasteiger partial charge on any atom is -0.369 e. The van der Waals surface area contributed by atoms with Crippen LogP contribution in [0.5, 0.6) is 0 Å². The zero-order valence-electron chi connectivity index (χ0n) is 53.2. The van der Waals surface area contributed by atoms with Crippen LogP contribution in [-0.4, -0.2) is 119 Å². The molecule has 3 aromatic carbocycles. The summed E-state index contributed by atoms with van der Waals surface area (Å²) < 4.78 is 4.93. The van der Waals surface area contributed by atoms with Gasteiger partial charge in [-0.05, 0) is 123 Å². The van der Waals surface area contributed by atoms with Crippen molar-refractivity contribution in [3.8, 4) is 24.7 Å². The van der Waals surface area contributed by atoms with Gasteiger partial charge < -0.3 is 24.7 Å². The number of piperazine rings is 1. The van der Waals surface area contributed by atoms with E-state index in [1.807, 2.05) is 19.3 Å². The molecule has 456 valence electrons. The van der Waals surface area contributed by atoms with Gasteiger partial charge in [0.05, 0.1) is 0 Å². The molecule has 2 N–H and O–H groups in total. The van der Waals surface area contributed by atoms with Crippen LogP contribution < -0.4 is 10.6 Å². The van der Waals surface area contributed by atoms with Crippen molar-refractivity contribution < 1.29 is 4.79 Å². The number of aromatic nitrogens is 8. The minimum absolute atomic E-state index is 0.0953. The second-order valence-electron chi connectivity index (χ2n) is 25.4. The van der Waals surface area contributed by atoms with E-state index >= 15 is 0 Å². The fraction of sp³-hybridized carbons (Fsp3) is 0.466. The van der Waals surface area contributed by atoms with Crippen molar-refractivity contribution in [2.45, 2.75) is 157 Å². The van der Waals surface area contributed by atoms with E-state index in [1.165, 1.54) is 109 Å². The largest absolute Gasteiger partial charge is 0.369 e. The first kappa shape index (κ1) is 63.7. The Morgan fingerprint density at radius 2 is 1.13 bits per heavy atom. The second-order valence-corrected chi connectivity index (χ2v) is 25.4. The predicted octanol–water partition coefficient (Wildman–Crippen LogP) is 13.1. The molecule has 87 heavy (non-hydrogen) atoms. The van der Waals surface area contributed by atoms with Gasteiger partial charge in [0.1, 0.15) is 28.5 Å². The van der Waals surface area contributed by atoms with E-state index in [0.717, 1.165) is 100 Å². The van der Waals surface area contributed by atoms with Gasteiger partial charge >= 0.3 is 0 Å². The van der Waals surface area contributed by atoms with E-state index in [9.17, 15) is 4.79 Å². The SMILES string of the molecule is C#Cc1ncc2cc(Cc3ccc(CN(CC)C[11CH3])cc3)n(C3CCCCC3)c2n1.C#Cc1ncc2cc(Cc3ccc(CN4CCN([11CH3])CC4)cc3)n(C3CCCCC3)c2n1.Cc1ccc(CCNC(=O)c2cnc(C)nc2NCC(C)(C)C)cc1. The Morgan fingerprint density at radius 3 is 1.62 bits per heavy atom. The number of hydrogen-bond donors (Lipinski definition) is 2. The van der Waals surface area contributed by atoms with Crippen LogP contribution in [0.1, 0.15) is 184 Å². The summed E-state index contributed by atoms with van der Waals surface area (Å²) in [7, 11) is 2.21. The van der Waals surface area contributed by atoms with E-state index in [2.05, 4.69) is 200 Å². The highest BCUT2D eigenvalue weighted by atomic mass is 16.1. The van der Waals surface area contributed by atoms with Gasteiger partial charge in [0, 0.05) is 118 Å². The Hall–Kier alpha value is -7.75. The normalized spacial score (nSPS) is 15.3. The van der Waals surface area contributed by atoms with Crippen molar-refractivity contribution in [1.82, 2.24) is 59.1 Å². The zero-order valence-corrected chi connectivity index (χ0v) is 53.2. The van der Waals surface area contributed by atoms with Gasteiger partial charge in [0.2, 0.25) is 11.6 Å². The Labute approximate surface area is 518 Å². The zero-order chi connectivity index (χ0) is 61.3. The Bertz CT molecular complexity index is 3580. The second kappa shape index (κ2) is 30.7. The van der Waals surface area contributed by atoms with Gasteiger partial charge in [0.25, 0.3) is 5.91 Å². The number of rotatable bonds is 18. The third-order valence-corrected chi connectivity index (χ3v) is 17.3. The first-order valence-corrected chi connectivity index (χ1v) is 32.0. The van der Waals surface area contributed by atoms with Crippen LogP contribution in [0.15, 0.2) is 104 Å². The molecule has 2 aliphatic carbocycles. The number of benzene rings is 3. The molecule has 1 amide bonds. The van der Waals surface area contributed by atoms with Gasteiger partial charge in [-0.25, -0.2) is 29.9 Å². The molecule has 6 heterocycles. The molecule has 2 saturated carbocycles. The first-order chi connectivity index (χ1) is 42.1. The molecule has 5 aromatic heterocycles. The number of carbonyl (C=O) groups is 1. The number of nitrogens with zero attached hydrogens (tertiary/aromatic N) is 11. The highest BCUT2D eigenvalue weighted by Crippen LogP contribution is 2.36. The summed E-state index contributed by atoms with van der Waals surface area (Å²) in [6, 6.07) is 32.2. The van der Waals surface area contributed by atoms with Crippen molar-refractivity contribution in [2.75, 3.05) is 64.7 Å². The third-order valence-electron chi connectivity index (χ3n) is 17.3. The molecule has 8 aromatic rings. The van der Waals surface area contributed by atoms with Gasteiger partial charge in [-0.1, -0.05) is 152 Å². The lowest BCUT2D eigenvalue weighted by atomic mass is 9.95. The molecule has 14 nitrogen and oxygen atoms in total. The highest BCUT2D eigenvalue weighted by Gasteiger charge is 2.25. The smallest absolute Gasteiger partial charge is 0.256 e. The number of fused-ring (bicyclic) bond motifs is 2. The number of amides is 1. The lowest BCUT2D eigenvalue weighted by Gasteiger charge is -2.32. The molecule has 3 aliphatic rings. The van der Waals surface area contributed by atoms with Crippen molar-refractivity contribution in [2.24, 2.45) is 5.41 Å². The van der Waals surface area contributed by atoms with E-state index in [0.29, 0.717) is 47.5 Å². The quantitative estimate of drug-likeness (QED) is 0.0794. The van der Waals surface area contributed by atoms with Crippen molar-refractivity contribution in [1.29, 1.82) is 0 Å². The van der Waals surface area contributed by atoms with Gasteiger partial charge in [0.15, 0.2) is 0 Å². The number of hydrogen-bond acceptors (Lipinski definition) is 11. The van der Waals surface area contributed by atoms with Gasteiger partial charge in [-0.2, -0.15) is 0 Å². The summed E-state index contributed by atoms with van der Waals surface area (Å²) in [5.74, 6) is 7.25. The summed E-state index contributed by atoms with van der Waals surface area (Å²) in [6.07, 6.45) is 31.9. The number of likely N-dealkylation sites (N-methyl/N-ethyl adjacent to an activating group) is 1. The van der Waals surface area contributed by atoms with Gasteiger partial charge in [-0.3, -0.25) is 14.6 Å². The summed E-state index contributed by atoms with van der Waals surface area (Å²) in [6.45, 7) is 24.9. The fourth-order valence-corrected chi connectivity index (χ4v) is 12.2. The molecule has 0 radical (unpaired) electrons. The van der Waals surface area contributed by atoms with E-state index in [-0.39, 0.29) is 11.3 Å². The van der Waals surface area contributed by atoms with Crippen LogP contribution in [0, 0.1) is 44.0 Å². The summed E-state index contributed by atoms with van der Waals surface area (Å²) in [5.41, 5.74) is 13.1. The monoisotopic (exact) mass is 1170 g/mol. The molecule has 0 bridgehead atoms. The average molecular weight is 1170 g/mol. The molecule has 0 spiro atoms. The Morgan fingerprint density at radius 1 is 0.632 bits per heavy atom. The number of anilines is 1. The van der Waals surface area contributed by atoms with E-state index < -0.39 is 0 Å². The fourth-order valence-electron chi connectivity index (χ4n) is 12.2. The molecule has 1 saturated heterocycles. The van der Waals surface area contributed by atoms with Crippen molar-refractivity contribution in [3.63, 3.8) is 0 Å². The lowest BCUT2D eigenvalue weighted by Crippen LogP contribution is -2.43. The summed E-state index contributed by atoms with van der Waals surface area (Å²) >= 11 is 0. The van der Waals surface area contributed by atoms with Crippen LogP contribution in [0.4, 0.5) is 5.82 Å². The first-order valence-electron chi connectivity index (χ1n) is 32.0. The summed E-state index contributed by atoms with van der Waals surface area (Å²) in [4.78, 5) is 46.6. The number of nitrogens with one attached hydrogen (secondary N) is 2. The molecule has 3 fully saturated rings. The van der Waals surface area contributed by atoms with Crippen molar-refractivity contribution in [3.05, 3.63) is 171 Å². The minimum atomic E-state index is -0.150. The predicted molar refractivity (Wildman–Crippen MR) is 355 cm³/mol. The molecule has 0 unspecified atom stereocenters. The maximum absolute atomic E-state index is 12.5. The molecule has 1 aliphatic heterocycles. The van der Waals surface area contributed by atoms with Gasteiger partial charge in [-0.15, -0.1) is 12.8 Å². The number of carbonyl (C=O) groups excluding carboxylic acids is 1. The van der Waals surface area contributed by atoms with Crippen LogP contribution in [-0.2, 0) is 32.4 Å². The molecular formula is C73H93N13O. The van der Waals surface area contributed by atoms with Crippen LogP contribution in [0.25, 0.3) is 22.1 Å². The Balaban J connectivity index is 0.000000157. The van der Waals surface area contributed by atoms with Crippen LogP contribution in [0.3, 0.4) is 0 Å². The highest BCUT2D eigenvalue weighted by molar-refractivity contribution is 5.98. The molecule has 11 rings (SSSR count). The maximum atomic E-state index is 12.5. The topological polar surface area (TPSA) is 138 Å². The van der Waals surface area contributed by atoms with Crippen LogP contribution in [0.2, 0.25) is 0 Å². The lowest BCUT2D eigenvalue weighted by molar-refractivity contribution is 0.0954.